The Labute approximate surface area is 172 Å². The molecule has 7 nitrogen and oxygen atoms in total. The van der Waals surface area contributed by atoms with Crippen LogP contribution < -0.4 is 10.9 Å². The van der Waals surface area contributed by atoms with Gasteiger partial charge in [0.25, 0.3) is 11.8 Å². The lowest BCUT2D eigenvalue weighted by molar-refractivity contribution is -0.120. The van der Waals surface area contributed by atoms with E-state index in [2.05, 4.69) is 5.32 Å². The maximum Gasteiger partial charge on any atom is 0.360 e. The summed E-state index contributed by atoms with van der Waals surface area (Å²) in [6, 6.07) is 13.9. The lowest BCUT2D eigenvalue weighted by Gasteiger charge is -2.26. The van der Waals surface area contributed by atoms with Crippen molar-refractivity contribution >= 4 is 34.4 Å². The topological polar surface area (TPSA) is 96.7 Å². The summed E-state index contributed by atoms with van der Waals surface area (Å²) in [5.41, 5.74) is 0.208. The zero-order valence-corrected chi connectivity index (χ0v) is 16.5. The van der Waals surface area contributed by atoms with E-state index in [0.29, 0.717) is 11.0 Å². The number of nitrogens with zero attached hydrogens (tertiary/aromatic N) is 1. The van der Waals surface area contributed by atoms with Gasteiger partial charge in [-0.05, 0) is 36.6 Å². The Balaban J connectivity index is 1.68. The summed E-state index contributed by atoms with van der Waals surface area (Å²) in [6.07, 6.45) is 0.260. The quantitative estimate of drug-likeness (QED) is 0.519. The molecule has 0 bridgehead atoms. The number of fused-ring (bicyclic) bond motifs is 2. The number of carbonyl (C=O) groups excluding carboxylic acids is 3. The molecule has 152 valence electrons. The predicted octanol–water partition coefficient (Wildman–Crippen LogP) is 3.44. The van der Waals surface area contributed by atoms with Crippen LogP contribution in [0.1, 0.15) is 41.0 Å². The van der Waals surface area contributed by atoms with E-state index in [1.165, 1.54) is 6.07 Å². The van der Waals surface area contributed by atoms with E-state index < -0.39 is 29.4 Å². The number of rotatable bonds is 5. The van der Waals surface area contributed by atoms with E-state index in [-0.39, 0.29) is 29.2 Å². The van der Waals surface area contributed by atoms with Gasteiger partial charge in [-0.2, -0.15) is 0 Å². The number of anilines is 1. The van der Waals surface area contributed by atoms with Crippen molar-refractivity contribution < 1.29 is 18.8 Å². The van der Waals surface area contributed by atoms with E-state index in [4.69, 9.17) is 4.42 Å². The molecule has 1 N–H and O–H groups in total. The second kappa shape index (κ2) is 7.59. The van der Waals surface area contributed by atoms with Gasteiger partial charge in [-0.3, -0.25) is 19.3 Å². The first kappa shape index (κ1) is 19.6. The summed E-state index contributed by atoms with van der Waals surface area (Å²) in [7, 11) is 0. The van der Waals surface area contributed by atoms with E-state index in [0.717, 1.165) is 4.90 Å². The summed E-state index contributed by atoms with van der Waals surface area (Å²) in [4.78, 5) is 52.2. The van der Waals surface area contributed by atoms with Crippen LogP contribution in [0.4, 0.5) is 5.69 Å². The molecule has 1 aromatic heterocycles. The number of para-hydroxylation sites is 1. The van der Waals surface area contributed by atoms with Gasteiger partial charge in [-0.1, -0.05) is 44.2 Å². The summed E-state index contributed by atoms with van der Waals surface area (Å²) >= 11 is 0. The zero-order chi connectivity index (χ0) is 21.4. The summed E-state index contributed by atoms with van der Waals surface area (Å²) in [5, 5.41) is 3.21. The third-order valence-corrected chi connectivity index (χ3v) is 5.03. The van der Waals surface area contributed by atoms with Gasteiger partial charge < -0.3 is 9.73 Å². The predicted molar refractivity (Wildman–Crippen MR) is 111 cm³/mol. The maximum atomic E-state index is 13.1. The SMILES string of the molecule is CC(C)C[C@@H](C(=O)Nc1cc2ccccc2oc1=O)N1C(=O)c2ccccc2C1=O. The number of benzene rings is 2. The highest BCUT2D eigenvalue weighted by atomic mass is 16.4. The van der Waals surface area contributed by atoms with Crippen molar-refractivity contribution in [2.24, 2.45) is 5.92 Å². The molecular formula is C23H20N2O5. The third-order valence-electron chi connectivity index (χ3n) is 5.03. The first-order valence-electron chi connectivity index (χ1n) is 9.67. The van der Waals surface area contributed by atoms with Gasteiger partial charge in [0.05, 0.1) is 11.1 Å². The third kappa shape index (κ3) is 3.39. The standard InChI is InChI=1S/C23H20N2O5/c1-13(2)11-18(25-21(27)15-8-4-5-9-16(15)22(25)28)20(26)24-17-12-14-7-3-6-10-19(14)30-23(17)29/h3-10,12-13,18H,11H2,1-2H3,(H,24,26)/t18-/m0/s1. The maximum absolute atomic E-state index is 13.1. The van der Waals surface area contributed by atoms with Crippen molar-refractivity contribution in [1.29, 1.82) is 0 Å². The van der Waals surface area contributed by atoms with E-state index in [1.807, 2.05) is 13.8 Å². The van der Waals surface area contributed by atoms with Crippen LogP contribution in [0, 0.1) is 5.92 Å². The molecule has 0 saturated heterocycles. The van der Waals surface area contributed by atoms with E-state index in [9.17, 15) is 19.2 Å². The smallest absolute Gasteiger partial charge is 0.360 e. The van der Waals surface area contributed by atoms with Crippen LogP contribution in [0.5, 0.6) is 0 Å². The molecule has 3 aromatic rings. The lowest BCUT2D eigenvalue weighted by atomic mass is 10.0. The fourth-order valence-electron chi connectivity index (χ4n) is 3.63. The Kier molecular flexibility index (Phi) is 4.95. The van der Waals surface area contributed by atoms with Crippen LogP contribution in [0.15, 0.2) is 63.8 Å². The highest BCUT2D eigenvalue weighted by Gasteiger charge is 2.42. The second-order valence-electron chi connectivity index (χ2n) is 7.65. The second-order valence-corrected chi connectivity index (χ2v) is 7.65. The van der Waals surface area contributed by atoms with E-state index >= 15 is 0 Å². The molecule has 0 spiro atoms. The van der Waals surface area contributed by atoms with Crippen LogP contribution >= 0.6 is 0 Å². The van der Waals surface area contributed by atoms with Crippen LogP contribution in [-0.2, 0) is 4.79 Å². The molecule has 1 aliphatic rings. The minimum atomic E-state index is -1.05. The molecule has 1 atom stereocenters. The Morgan fingerprint density at radius 1 is 0.967 bits per heavy atom. The molecule has 2 aromatic carbocycles. The highest BCUT2D eigenvalue weighted by Crippen LogP contribution is 2.27. The van der Waals surface area contributed by atoms with Crippen LogP contribution in [0.25, 0.3) is 11.0 Å². The molecule has 4 rings (SSSR count). The molecule has 0 aliphatic carbocycles. The fraction of sp³-hybridized carbons (Fsp3) is 0.217. The highest BCUT2D eigenvalue weighted by molar-refractivity contribution is 6.23. The van der Waals surface area contributed by atoms with Gasteiger partial charge in [-0.15, -0.1) is 0 Å². The monoisotopic (exact) mass is 404 g/mol. The number of nitrogens with one attached hydrogen (secondary N) is 1. The van der Waals surface area contributed by atoms with Crippen LogP contribution in [0.2, 0.25) is 0 Å². The van der Waals surface area contributed by atoms with Crippen molar-refractivity contribution in [1.82, 2.24) is 4.90 Å². The molecule has 30 heavy (non-hydrogen) atoms. The Bertz CT molecular complexity index is 1190. The van der Waals surface area contributed by atoms with Gasteiger partial charge in [-0.25, -0.2) is 4.79 Å². The average Bonchev–Trinajstić information content (AvgIpc) is 2.97. The van der Waals surface area contributed by atoms with Crippen molar-refractivity contribution in [3.63, 3.8) is 0 Å². The van der Waals surface area contributed by atoms with Gasteiger partial charge in [0.15, 0.2) is 0 Å². The minimum Gasteiger partial charge on any atom is -0.421 e. The number of carbonyl (C=O) groups is 3. The Hall–Kier alpha value is -3.74. The molecule has 2 heterocycles. The number of imide groups is 1. The number of hydrogen-bond donors (Lipinski definition) is 1. The molecule has 7 heteroatoms. The van der Waals surface area contributed by atoms with Crippen molar-refractivity contribution in [3.05, 3.63) is 76.1 Å². The average molecular weight is 404 g/mol. The molecule has 1 aliphatic heterocycles. The van der Waals surface area contributed by atoms with Crippen LogP contribution in [0.3, 0.4) is 0 Å². The Morgan fingerprint density at radius 2 is 1.57 bits per heavy atom. The lowest BCUT2D eigenvalue weighted by Crippen LogP contribution is -2.48. The Morgan fingerprint density at radius 3 is 2.20 bits per heavy atom. The van der Waals surface area contributed by atoms with Gasteiger partial charge in [0.1, 0.15) is 17.3 Å². The summed E-state index contributed by atoms with van der Waals surface area (Å²) < 4.78 is 5.26. The fourth-order valence-corrected chi connectivity index (χ4v) is 3.63. The van der Waals surface area contributed by atoms with Gasteiger partial charge in [0, 0.05) is 5.39 Å². The zero-order valence-electron chi connectivity index (χ0n) is 16.5. The van der Waals surface area contributed by atoms with Gasteiger partial charge >= 0.3 is 5.63 Å². The number of hydrogen-bond acceptors (Lipinski definition) is 5. The van der Waals surface area contributed by atoms with Crippen molar-refractivity contribution in [2.75, 3.05) is 5.32 Å². The largest absolute Gasteiger partial charge is 0.421 e. The van der Waals surface area contributed by atoms with Crippen molar-refractivity contribution in [3.8, 4) is 0 Å². The van der Waals surface area contributed by atoms with Gasteiger partial charge in [0.2, 0.25) is 5.91 Å². The summed E-state index contributed by atoms with van der Waals surface area (Å²) in [6.45, 7) is 3.78. The molecule has 0 saturated carbocycles. The normalized spacial score (nSPS) is 14.3. The van der Waals surface area contributed by atoms with E-state index in [1.54, 1.807) is 48.5 Å². The minimum absolute atomic E-state index is 0.0260. The first-order valence-corrected chi connectivity index (χ1v) is 9.67. The summed E-state index contributed by atoms with van der Waals surface area (Å²) in [5.74, 6) is -1.61. The van der Waals surface area contributed by atoms with Crippen molar-refractivity contribution in [2.45, 2.75) is 26.3 Å². The molecular weight excluding hydrogens is 384 g/mol. The molecule has 0 unspecified atom stereocenters. The van der Waals surface area contributed by atoms with Crippen LogP contribution in [-0.4, -0.2) is 28.7 Å². The molecule has 3 amide bonds. The number of amides is 3. The molecule has 0 radical (unpaired) electrons. The molecule has 0 fully saturated rings. The first-order chi connectivity index (χ1) is 14.4.